The largest absolute Gasteiger partial charge is 0.470 e. The molecule has 1 aliphatic rings. The van der Waals surface area contributed by atoms with Crippen LogP contribution in [0.2, 0.25) is 0 Å². The molecule has 6 radical (unpaired) electrons. The van der Waals surface area contributed by atoms with E-state index in [1.165, 1.54) is 10.9 Å². The number of fused-ring (bicyclic) bond motifs is 1. The maximum atomic E-state index is 10.6. The summed E-state index contributed by atoms with van der Waals surface area (Å²) in [5.41, 5.74) is 0.370. The van der Waals surface area contributed by atoms with Gasteiger partial charge in [0.1, 0.15) is 29.2 Å². The summed E-state index contributed by atoms with van der Waals surface area (Å²) < 4.78 is 14.5. The Labute approximate surface area is 214 Å². The molecule has 0 aliphatic heterocycles. The van der Waals surface area contributed by atoms with Gasteiger partial charge in [0.15, 0.2) is 0 Å². The smallest absolute Gasteiger partial charge is 0.257 e. The fourth-order valence-electron chi connectivity index (χ4n) is 5.29. The van der Waals surface area contributed by atoms with E-state index in [2.05, 4.69) is 26.5 Å². The molecule has 2 N–H and O–H groups in total. The number of methoxy groups -OCH3 is 1. The van der Waals surface area contributed by atoms with Gasteiger partial charge in [-0.3, -0.25) is 4.68 Å². The summed E-state index contributed by atoms with van der Waals surface area (Å²) in [4.78, 5) is 9.03. The molecule has 0 unspecified atom stereocenters. The summed E-state index contributed by atoms with van der Waals surface area (Å²) in [6.07, 6.45) is 2.21. The van der Waals surface area contributed by atoms with Gasteiger partial charge in [0.05, 0.1) is 48.5 Å². The summed E-state index contributed by atoms with van der Waals surface area (Å²) in [7, 11) is 19.2. The van der Waals surface area contributed by atoms with Crippen molar-refractivity contribution in [1.29, 1.82) is 5.26 Å². The summed E-state index contributed by atoms with van der Waals surface area (Å²) in [6, 6.07) is 3.80. The van der Waals surface area contributed by atoms with Crippen molar-refractivity contribution in [3.63, 3.8) is 0 Å². The number of rotatable bonds is 8. The van der Waals surface area contributed by atoms with Crippen LogP contribution in [0.4, 0.5) is 11.6 Å². The highest BCUT2D eigenvalue weighted by Crippen LogP contribution is 2.55. The van der Waals surface area contributed by atoms with E-state index in [0.717, 1.165) is 0 Å². The zero-order valence-electron chi connectivity index (χ0n) is 21.4. The molecule has 0 bridgehead atoms. The zero-order chi connectivity index (χ0) is 26.6. The Bertz CT molecular complexity index is 1310. The van der Waals surface area contributed by atoms with Gasteiger partial charge in [0.2, 0.25) is 5.95 Å². The van der Waals surface area contributed by atoms with E-state index in [4.69, 9.17) is 33.0 Å². The number of hydrogen-bond acceptors (Lipinski definition) is 8. The Kier molecular flexibility index (Phi) is 6.42. The first-order valence-electron chi connectivity index (χ1n) is 11.6. The quantitative estimate of drug-likeness (QED) is 0.465. The number of nitrogens with one attached hydrogen (secondary N) is 1. The van der Waals surface area contributed by atoms with Gasteiger partial charge in [-0.2, -0.15) is 10.2 Å². The van der Waals surface area contributed by atoms with E-state index in [9.17, 15) is 10.4 Å². The van der Waals surface area contributed by atoms with Crippen molar-refractivity contribution in [2.45, 2.75) is 58.1 Å². The Morgan fingerprint density at radius 1 is 1.28 bits per heavy atom. The minimum atomic E-state index is -1.78. The van der Waals surface area contributed by atoms with E-state index >= 15 is 0 Å². The number of nitriles is 1. The van der Waals surface area contributed by atoms with Gasteiger partial charge in [-0.25, -0.2) is 4.98 Å². The van der Waals surface area contributed by atoms with Crippen LogP contribution < -0.4 is 10.1 Å². The van der Waals surface area contributed by atoms with E-state index in [1.807, 2.05) is 34.6 Å². The highest BCUT2D eigenvalue weighted by molar-refractivity contribution is 6.56. The summed E-state index contributed by atoms with van der Waals surface area (Å²) >= 11 is 0. The van der Waals surface area contributed by atoms with Gasteiger partial charge in [0, 0.05) is 29.5 Å². The number of hydrogen-bond donors (Lipinski definition) is 2. The monoisotopic (exact) mass is 483 g/mol. The van der Waals surface area contributed by atoms with Crippen LogP contribution in [0, 0.1) is 22.2 Å². The number of anilines is 2. The third kappa shape index (κ3) is 4.26. The predicted molar refractivity (Wildman–Crippen MR) is 138 cm³/mol. The number of ether oxygens (including phenoxy) is 2. The minimum Gasteiger partial charge on any atom is -0.470 e. The van der Waals surface area contributed by atoms with Gasteiger partial charge >= 0.3 is 0 Å². The molecule has 1 saturated carbocycles. The van der Waals surface area contributed by atoms with Crippen LogP contribution in [-0.2, 0) is 9.97 Å². The molecular weight excluding hydrogens is 455 g/mol. The average Bonchev–Trinajstić information content (AvgIpc) is 3.37. The second kappa shape index (κ2) is 8.85. The van der Waals surface area contributed by atoms with Gasteiger partial charge in [-0.05, 0) is 18.2 Å². The first-order valence-corrected chi connectivity index (χ1v) is 11.6. The standard InChI is InChI=1S/C23H28B3N7O3/c1-12(11-35-6)33-14(8-27)7-13-9-28-20(30-16(13)33)29-15-10-32(23(24,25)26)31-17(15)36-19-21(2,3)18(34)22(19,4)5/h7,9-10,12,18-19,34H,11H2,1-6H3,(H,28,29,30)/t12-,18?,19?/m0/s1. The predicted octanol–water partition coefficient (Wildman–Crippen LogP) is 1.70. The molecule has 3 heterocycles. The summed E-state index contributed by atoms with van der Waals surface area (Å²) in [5.74, 6) is 0.424. The van der Waals surface area contributed by atoms with Crippen molar-refractivity contribution < 1.29 is 14.6 Å². The first kappa shape index (κ1) is 26.1. The minimum absolute atomic E-state index is 0.131. The molecule has 182 valence electrons. The van der Waals surface area contributed by atoms with Gasteiger partial charge in [-0.15, -0.1) is 5.10 Å². The fraction of sp³-hybridized carbons (Fsp3) is 0.565. The maximum Gasteiger partial charge on any atom is 0.257 e. The fourth-order valence-corrected chi connectivity index (χ4v) is 5.29. The van der Waals surface area contributed by atoms with Crippen molar-refractivity contribution in [3.05, 3.63) is 24.2 Å². The molecule has 36 heavy (non-hydrogen) atoms. The Hall–Kier alpha value is -2.97. The molecule has 3 aromatic rings. The third-order valence-corrected chi connectivity index (χ3v) is 6.85. The van der Waals surface area contributed by atoms with E-state index < -0.39 is 22.2 Å². The molecule has 0 spiro atoms. The van der Waals surface area contributed by atoms with Crippen LogP contribution in [0.15, 0.2) is 18.5 Å². The summed E-state index contributed by atoms with van der Waals surface area (Å²) in [6.45, 7) is 10.0. The molecule has 13 heteroatoms. The SMILES string of the molecule is [B]C([B])([B])n1cc(Nc2ncc3cc(C#N)n([C@@H](C)COC)c3n2)c(OC2C(C)(C)C(O)C2(C)C)n1. The van der Waals surface area contributed by atoms with Gasteiger partial charge < -0.3 is 24.5 Å². The third-order valence-electron chi connectivity index (χ3n) is 6.85. The Morgan fingerprint density at radius 3 is 2.53 bits per heavy atom. The lowest BCUT2D eigenvalue weighted by Gasteiger charge is -2.60. The van der Waals surface area contributed by atoms with E-state index in [0.29, 0.717) is 29.0 Å². The topological polar surface area (TPSA) is 123 Å². The molecule has 1 fully saturated rings. The van der Waals surface area contributed by atoms with Gasteiger partial charge in [0.25, 0.3) is 5.88 Å². The molecule has 1 aliphatic carbocycles. The lowest BCUT2D eigenvalue weighted by atomic mass is 9.49. The highest BCUT2D eigenvalue weighted by atomic mass is 16.5. The number of aromatic nitrogens is 5. The normalized spacial score (nSPS) is 21.5. The van der Waals surface area contributed by atoms with Crippen molar-refractivity contribution in [2.75, 3.05) is 19.0 Å². The average molecular weight is 483 g/mol. The van der Waals surface area contributed by atoms with E-state index in [-0.39, 0.29) is 24.0 Å². The number of nitrogens with zero attached hydrogens (tertiary/aromatic N) is 6. The molecule has 0 amide bonds. The highest BCUT2D eigenvalue weighted by Gasteiger charge is 2.63. The second-order valence-corrected chi connectivity index (χ2v) is 10.6. The molecule has 0 aromatic carbocycles. The van der Waals surface area contributed by atoms with Crippen molar-refractivity contribution in [2.24, 2.45) is 10.8 Å². The molecular formula is C23H28B3N7O3. The van der Waals surface area contributed by atoms with Crippen molar-refractivity contribution >= 4 is 46.2 Å². The Balaban J connectivity index is 1.73. The first-order chi connectivity index (χ1) is 16.7. The van der Waals surface area contributed by atoms with Crippen LogP contribution in [0.1, 0.15) is 46.4 Å². The van der Waals surface area contributed by atoms with Crippen LogP contribution in [0.3, 0.4) is 0 Å². The molecule has 4 rings (SSSR count). The van der Waals surface area contributed by atoms with Crippen LogP contribution in [0.25, 0.3) is 11.0 Å². The Morgan fingerprint density at radius 2 is 1.94 bits per heavy atom. The molecule has 10 nitrogen and oxygen atoms in total. The molecule has 0 saturated heterocycles. The summed E-state index contributed by atoms with van der Waals surface area (Å²) in [5, 5.41) is 26.6. The lowest BCUT2D eigenvalue weighted by Crippen LogP contribution is -2.69. The van der Waals surface area contributed by atoms with Crippen LogP contribution in [-0.4, -0.2) is 78.9 Å². The van der Waals surface area contributed by atoms with E-state index in [1.54, 1.807) is 23.9 Å². The maximum absolute atomic E-state index is 10.6. The van der Waals surface area contributed by atoms with Crippen LogP contribution in [0.5, 0.6) is 5.88 Å². The zero-order valence-corrected chi connectivity index (χ0v) is 21.4. The number of aliphatic hydroxyl groups excluding tert-OH is 1. The van der Waals surface area contributed by atoms with Crippen LogP contribution >= 0.6 is 0 Å². The van der Waals surface area contributed by atoms with Crippen molar-refractivity contribution in [1.82, 2.24) is 24.3 Å². The van der Waals surface area contributed by atoms with Crippen molar-refractivity contribution in [3.8, 4) is 11.9 Å². The molecule has 1 atom stereocenters. The molecule has 3 aromatic heterocycles. The second-order valence-electron chi connectivity index (χ2n) is 10.6. The van der Waals surface area contributed by atoms with Gasteiger partial charge in [-0.1, -0.05) is 27.7 Å². The number of aliphatic hydroxyl groups is 1. The lowest BCUT2D eigenvalue weighted by molar-refractivity contribution is -0.237.